The number of carbonyl (C=O) groups excluding carboxylic acids is 1. The molecule has 6 heteroatoms. The smallest absolute Gasteiger partial charge is 0.167 e. The topological polar surface area (TPSA) is 59.0 Å². The van der Waals surface area contributed by atoms with Gasteiger partial charge in [-0.2, -0.15) is 0 Å². The van der Waals surface area contributed by atoms with Crippen molar-refractivity contribution in [3.05, 3.63) is 57.3 Å². The van der Waals surface area contributed by atoms with Crippen molar-refractivity contribution < 1.29 is 19.4 Å². The van der Waals surface area contributed by atoms with Crippen molar-refractivity contribution in [1.29, 1.82) is 0 Å². The second-order valence-corrected chi connectivity index (χ2v) is 11.7. The SMILES string of the molecule is COc1ccc2c3c1O[C@@H]1CC(O)C=CC31CCN(CCCCCC1CCc3sccc3C1=O)C2. The number of hydrogen-bond donors (Lipinski definition) is 1. The van der Waals surface area contributed by atoms with Gasteiger partial charge < -0.3 is 14.6 Å². The number of aryl methyl sites for hydroxylation is 1. The Labute approximate surface area is 211 Å². The first-order chi connectivity index (χ1) is 17.1. The standard InChI is InChI=1S/C29H35NO4S/c1-33-23-8-6-20-18-30(15-13-29-12-10-21(31)17-25(29)34-28(23)26(20)29)14-4-2-3-5-19-7-9-24-22(27(19)32)11-16-35-24/h6,8,10-12,16,19,21,25,31H,2-5,7,9,13-15,17-18H2,1H3/t19?,21?,25-,29?/m1/s1. The number of methoxy groups -OCH3 is 1. The van der Waals surface area contributed by atoms with Gasteiger partial charge in [0.1, 0.15) is 6.10 Å². The van der Waals surface area contributed by atoms with Crippen LogP contribution < -0.4 is 9.47 Å². The zero-order chi connectivity index (χ0) is 24.0. The highest BCUT2D eigenvalue weighted by molar-refractivity contribution is 7.10. The Hall–Kier alpha value is -2.15. The van der Waals surface area contributed by atoms with Crippen LogP contribution in [0.15, 0.2) is 35.7 Å². The number of ketones is 1. The monoisotopic (exact) mass is 493 g/mol. The summed E-state index contributed by atoms with van der Waals surface area (Å²) in [4.78, 5) is 16.6. The Balaban J connectivity index is 1.08. The Morgan fingerprint density at radius 3 is 3.06 bits per heavy atom. The maximum absolute atomic E-state index is 12.7. The molecule has 0 saturated carbocycles. The minimum atomic E-state index is -0.448. The maximum Gasteiger partial charge on any atom is 0.167 e. The first kappa shape index (κ1) is 23.3. The summed E-state index contributed by atoms with van der Waals surface area (Å²) < 4.78 is 12.1. The van der Waals surface area contributed by atoms with Crippen molar-refractivity contribution in [3.8, 4) is 11.5 Å². The van der Waals surface area contributed by atoms with Gasteiger partial charge in [-0.25, -0.2) is 0 Å². The highest BCUT2D eigenvalue weighted by Gasteiger charge is 2.52. The van der Waals surface area contributed by atoms with Gasteiger partial charge in [0.05, 0.1) is 18.6 Å². The number of rotatable bonds is 7. The fourth-order valence-corrected chi connectivity index (χ4v) is 7.67. The molecule has 1 N–H and O–H groups in total. The van der Waals surface area contributed by atoms with E-state index in [2.05, 4.69) is 22.4 Å². The third-order valence-electron chi connectivity index (χ3n) is 8.66. The van der Waals surface area contributed by atoms with Crippen LogP contribution >= 0.6 is 11.3 Å². The van der Waals surface area contributed by atoms with E-state index in [9.17, 15) is 9.90 Å². The lowest BCUT2D eigenvalue weighted by Gasteiger charge is -2.36. The van der Waals surface area contributed by atoms with Crippen molar-refractivity contribution >= 4 is 17.1 Å². The summed E-state index contributed by atoms with van der Waals surface area (Å²) in [5.74, 6) is 2.27. The largest absolute Gasteiger partial charge is 0.493 e. The molecule has 5 nitrogen and oxygen atoms in total. The van der Waals surface area contributed by atoms with Crippen LogP contribution in [0, 0.1) is 5.92 Å². The molecule has 1 aromatic carbocycles. The molecule has 0 fully saturated rings. The predicted octanol–water partition coefficient (Wildman–Crippen LogP) is 5.29. The molecule has 0 radical (unpaired) electrons. The number of ether oxygens (including phenoxy) is 2. The number of carbonyl (C=O) groups is 1. The number of aliphatic hydroxyl groups is 1. The quantitative estimate of drug-likeness (QED) is 0.420. The third-order valence-corrected chi connectivity index (χ3v) is 9.64. The van der Waals surface area contributed by atoms with Crippen LogP contribution in [0.1, 0.15) is 71.3 Å². The first-order valence-electron chi connectivity index (χ1n) is 13.2. The van der Waals surface area contributed by atoms with Gasteiger partial charge in [-0.05, 0) is 68.3 Å². The normalized spacial score (nSPS) is 29.2. The molecule has 3 unspecified atom stereocenters. The summed E-state index contributed by atoms with van der Waals surface area (Å²) in [6.07, 6.45) is 11.9. The summed E-state index contributed by atoms with van der Waals surface area (Å²) >= 11 is 1.73. The molecule has 4 atom stereocenters. The van der Waals surface area contributed by atoms with E-state index >= 15 is 0 Å². The number of fused-ring (bicyclic) bond motifs is 1. The number of aliphatic hydroxyl groups excluding tert-OH is 1. The second-order valence-electron chi connectivity index (χ2n) is 10.7. The summed E-state index contributed by atoms with van der Waals surface area (Å²) in [5.41, 5.74) is 3.42. The van der Waals surface area contributed by atoms with Crippen LogP contribution in [-0.4, -0.2) is 48.2 Å². The van der Waals surface area contributed by atoms with E-state index in [4.69, 9.17) is 9.47 Å². The molecule has 2 aromatic rings. The average Bonchev–Trinajstić information content (AvgIpc) is 3.43. The molecule has 6 rings (SSSR count). The molecule has 0 saturated heterocycles. The molecular weight excluding hydrogens is 458 g/mol. The van der Waals surface area contributed by atoms with E-state index < -0.39 is 6.10 Å². The number of Topliss-reactive ketones (excluding diaryl/α,β-unsaturated/α-hetero) is 1. The summed E-state index contributed by atoms with van der Waals surface area (Å²) in [7, 11) is 1.70. The van der Waals surface area contributed by atoms with Gasteiger partial charge in [-0.1, -0.05) is 31.1 Å². The molecule has 1 spiro atoms. The van der Waals surface area contributed by atoms with Gasteiger partial charge in [0.15, 0.2) is 17.3 Å². The lowest BCUT2D eigenvalue weighted by atomic mass is 9.69. The first-order valence-corrected chi connectivity index (χ1v) is 14.0. The van der Waals surface area contributed by atoms with Crippen molar-refractivity contribution in [1.82, 2.24) is 4.90 Å². The highest BCUT2D eigenvalue weighted by Crippen LogP contribution is 2.55. The van der Waals surface area contributed by atoms with Crippen molar-refractivity contribution in [3.63, 3.8) is 0 Å². The van der Waals surface area contributed by atoms with Gasteiger partial charge >= 0.3 is 0 Å². The highest BCUT2D eigenvalue weighted by atomic mass is 32.1. The van der Waals surface area contributed by atoms with E-state index in [1.807, 2.05) is 18.2 Å². The number of nitrogens with zero attached hydrogens (tertiary/aromatic N) is 1. The molecule has 3 heterocycles. The van der Waals surface area contributed by atoms with Crippen molar-refractivity contribution in [2.24, 2.45) is 5.92 Å². The van der Waals surface area contributed by atoms with Gasteiger partial charge in [-0.15, -0.1) is 11.3 Å². The number of thiophene rings is 1. The lowest BCUT2D eigenvalue weighted by Crippen LogP contribution is -2.43. The van der Waals surface area contributed by atoms with E-state index in [1.165, 1.54) is 22.4 Å². The minimum absolute atomic E-state index is 0.0377. The van der Waals surface area contributed by atoms with E-state index in [0.717, 1.165) is 75.2 Å². The molecule has 2 aliphatic heterocycles. The molecule has 0 bridgehead atoms. The van der Waals surface area contributed by atoms with Crippen molar-refractivity contribution in [2.45, 2.75) is 75.5 Å². The summed E-state index contributed by atoms with van der Waals surface area (Å²) in [5, 5.41) is 12.3. The van der Waals surface area contributed by atoms with Crippen LogP contribution in [-0.2, 0) is 18.4 Å². The van der Waals surface area contributed by atoms with Crippen LogP contribution in [0.2, 0.25) is 0 Å². The Morgan fingerprint density at radius 2 is 2.17 bits per heavy atom. The van der Waals surface area contributed by atoms with Crippen LogP contribution in [0.4, 0.5) is 0 Å². The minimum Gasteiger partial charge on any atom is -0.493 e. The van der Waals surface area contributed by atoms with Crippen LogP contribution in [0.3, 0.4) is 0 Å². The van der Waals surface area contributed by atoms with Gasteiger partial charge in [0, 0.05) is 34.9 Å². The molecule has 2 aliphatic carbocycles. The van der Waals surface area contributed by atoms with E-state index in [-0.39, 0.29) is 17.4 Å². The third kappa shape index (κ3) is 4.04. The summed E-state index contributed by atoms with van der Waals surface area (Å²) in [6.45, 7) is 3.00. The van der Waals surface area contributed by atoms with E-state index in [1.54, 1.807) is 18.4 Å². The average molecular weight is 494 g/mol. The number of benzene rings is 1. The molecule has 186 valence electrons. The molecule has 1 aromatic heterocycles. The van der Waals surface area contributed by atoms with E-state index in [0.29, 0.717) is 12.2 Å². The molecule has 0 amide bonds. The zero-order valence-corrected chi connectivity index (χ0v) is 21.3. The Morgan fingerprint density at radius 1 is 1.26 bits per heavy atom. The molecule has 35 heavy (non-hydrogen) atoms. The van der Waals surface area contributed by atoms with Crippen molar-refractivity contribution in [2.75, 3.05) is 20.2 Å². The fraction of sp³-hybridized carbons (Fsp3) is 0.552. The Bertz CT molecular complexity index is 1140. The van der Waals surface area contributed by atoms with Gasteiger partial charge in [0.2, 0.25) is 0 Å². The predicted molar refractivity (Wildman–Crippen MR) is 138 cm³/mol. The maximum atomic E-state index is 12.7. The summed E-state index contributed by atoms with van der Waals surface area (Å²) in [6, 6.07) is 6.25. The van der Waals surface area contributed by atoms with Crippen LogP contribution in [0.25, 0.3) is 0 Å². The van der Waals surface area contributed by atoms with Gasteiger partial charge in [0.25, 0.3) is 0 Å². The fourth-order valence-electron chi connectivity index (χ4n) is 6.77. The number of hydrogen-bond acceptors (Lipinski definition) is 6. The molecule has 4 aliphatic rings. The lowest BCUT2D eigenvalue weighted by molar-refractivity contribution is 0.0808. The molecular formula is C29H35NO4S. The Kier molecular flexibility index (Phi) is 6.23. The number of unbranched alkanes of at least 4 members (excludes halogenated alkanes) is 2. The van der Waals surface area contributed by atoms with Crippen LogP contribution in [0.5, 0.6) is 11.5 Å². The second kappa shape index (κ2) is 9.38. The van der Waals surface area contributed by atoms with Gasteiger partial charge in [-0.3, -0.25) is 9.69 Å². The zero-order valence-electron chi connectivity index (χ0n) is 20.5.